The van der Waals surface area contributed by atoms with Crippen LogP contribution in [0.3, 0.4) is 0 Å². The first-order valence-electron chi connectivity index (χ1n) is 6.10. The number of carboxylic acid groups (broad SMARTS) is 1. The van der Waals surface area contributed by atoms with E-state index in [1.807, 2.05) is 6.92 Å². The normalized spacial score (nSPS) is 13.6. The number of carbonyl (C=O) groups is 2. The summed E-state index contributed by atoms with van der Waals surface area (Å²) < 4.78 is 5.18. The van der Waals surface area contributed by atoms with E-state index in [9.17, 15) is 9.59 Å². The number of rotatable bonds is 7. The summed E-state index contributed by atoms with van der Waals surface area (Å²) in [6.45, 7) is 10.3. The lowest BCUT2D eigenvalue weighted by molar-refractivity contribution is -0.142. The third-order valence-corrected chi connectivity index (χ3v) is 2.73. The standard InChI is InChI=1S/C14H22O4/c1-6-7-8-12(10(4)13(15)16)11(5)18-14(17)9(2)3/h11H,2,6-8H2,1,3-5H3,(H,15,16). The van der Waals surface area contributed by atoms with Crippen LogP contribution in [0.4, 0.5) is 0 Å². The van der Waals surface area contributed by atoms with Crippen LogP contribution >= 0.6 is 0 Å². The molecule has 1 atom stereocenters. The number of aliphatic carboxylic acids is 1. The largest absolute Gasteiger partial charge is 0.478 e. The lowest BCUT2D eigenvalue weighted by Gasteiger charge is -2.18. The summed E-state index contributed by atoms with van der Waals surface area (Å²) in [5.41, 5.74) is 1.23. The van der Waals surface area contributed by atoms with Crippen molar-refractivity contribution in [2.45, 2.75) is 53.1 Å². The molecule has 4 nitrogen and oxygen atoms in total. The predicted octanol–water partition coefficient (Wildman–Crippen LogP) is 3.09. The Morgan fingerprint density at radius 2 is 1.89 bits per heavy atom. The molecule has 0 saturated heterocycles. The number of esters is 1. The van der Waals surface area contributed by atoms with Crippen LogP contribution in [0.15, 0.2) is 23.3 Å². The zero-order valence-corrected chi connectivity index (χ0v) is 11.6. The van der Waals surface area contributed by atoms with Crippen molar-refractivity contribution in [3.63, 3.8) is 0 Å². The van der Waals surface area contributed by atoms with Crippen molar-refractivity contribution in [1.82, 2.24) is 0 Å². The van der Waals surface area contributed by atoms with Crippen molar-refractivity contribution in [3.05, 3.63) is 23.3 Å². The first-order valence-corrected chi connectivity index (χ1v) is 6.10. The molecule has 0 saturated carbocycles. The van der Waals surface area contributed by atoms with Crippen LogP contribution in [0, 0.1) is 0 Å². The van der Waals surface area contributed by atoms with E-state index in [2.05, 4.69) is 6.58 Å². The average Bonchev–Trinajstić information content (AvgIpc) is 2.28. The first-order chi connectivity index (χ1) is 8.31. The van der Waals surface area contributed by atoms with Gasteiger partial charge in [-0.25, -0.2) is 9.59 Å². The second kappa shape index (κ2) is 7.69. The van der Waals surface area contributed by atoms with Gasteiger partial charge in [-0.2, -0.15) is 0 Å². The summed E-state index contributed by atoms with van der Waals surface area (Å²) in [7, 11) is 0. The molecule has 0 bridgehead atoms. The van der Waals surface area contributed by atoms with Gasteiger partial charge in [0, 0.05) is 11.1 Å². The lowest BCUT2D eigenvalue weighted by atomic mass is 9.98. The fraction of sp³-hybridized carbons (Fsp3) is 0.571. The number of unbranched alkanes of at least 4 members (excludes halogenated alkanes) is 1. The zero-order chi connectivity index (χ0) is 14.3. The highest BCUT2D eigenvalue weighted by Crippen LogP contribution is 2.20. The Labute approximate surface area is 108 Å². The molecule has 0 aromatic heterocycles. The van der Waals surface area contributed by atoms with E-state index < -0.39 is 18.0 Å². The van der Waals surface area contributed by atoms with Crippen molar-refractivity contribution >= 4 is 11.9 Å². The summed E-state index contributed by atoms with van der Waals surface area (Å²) in [6, 6.07) is 0. The molecule has 102 valence electrons. The molecule has 0 aliphatic rings. The molecule has 1 N–H and O–H groups in total. The van der Waals surface area contributed by atoms with Gasteiger partial charge in [0.15, 0.2) is 0 Å². The number of carboxylic acids is 1. The minimum Gasteiger partial charge on any atom is -0.478 e. The Balaban J connectivity index is 4.97. The van der Waals surface area contributed by atoms with Gasteiger partial charge in [0.2, 0.25) is 0 Å². The zero-order valence-electron chi connectivity index (χ0n) is 11.6. The van der Waals surface area contributed by atoms with Crippen molar-refractivity contribution in [1.29, 1.82) is 0 Å². The molecule has 18 heavy (non-hydrogen) atoms. The summed E-state index contributed by atoms with van der Waals surface area (Å²) in [5, 5.41) is 9.03. The van der Waals surface area contributed by atoms with Crippen LogP contribution in [0.2, 0.25) is 0 Å². The number of hydrogen-bond acceptors (Lipinski definition) is 3. The van der Waals surface area contributed by atoms with Crippen LogP contribution in [-0.2, 0) is 14.3 Å². The molecule has 0 fully saturated rings. The monoisotopic (exact) mass is 254 g/mol. The molecule has 0 amide bonds. The fourth-order valence-corrected chi connectivity index (χ4v) is 1.53. The Bertz CT molecular complexity index is 366. The third kappa shape index (κ3) is 5.17. The van der Waals surface area contributed by atoms with Crippen LogP contribution in [0.1, 0.15) is 47.0 Å². The Hall–Kier alpha value is -1.58. The van der Waals surface area contributed by atoms with Gasteiger partial charge in [-0.1, -0.05) is 19.9 Å². The molecular formula is C14H22O4. The van der Waals surface area contributed by atoms with Crippen molar-refractivity contribution in [3.8, 4) is 0 Å². The van der Waals surface area contributed by atoms with Gasteiger partial charge in [0.1, 0.15) is 6.10 Å². The second-order valence-corrected chi connectivity index (χ2v) is 4.39. The molecule has 1 unspecified atom stereocenters. The van der Waals surface area contributed by atoms with E-state index in [-0.39, 0.29) is 5.57 Å². The van der Waals surface area contributed by atoms with Crippen LogP contribution < -0.4 is 0 Å². The Morgan fingerprint density at radius 1 is 1.33 bits per heavy atom. The number of carbonyl (C=O) groups excluding carboxylic acids is 1. The molecule has 0 rings (SSSR count). The van der Waals surface area contributed by atoms with Crippen LogP contribution in [0.5, 0.6) is 0 Å². The van der Waals surface area contributed by atoms with E-state index in [4.69, 9.17) is 9.84 Å². The smallest absolute Gasteiger partial charge is 0.333 e. The first kappa shape index (κ1) is 16.4. The minimum absolute atomic E-state index is 0.255. The molecule has 0 aromatic rings. The SMILES string of the molecule is C=C(C)C(=O)OC(C)C(CCCC)=C(C)C(=O)O. The number of hydrogen-bond donors (Lipinski definition) is 1. The average molecular weight is 254 g/mol. The number of ether oxygens (including phenoxy) is 1. The van der Waals surface area contributed by atoms with E-state index in [0.717, 1.165) is 12.8 Å². The van der Waals surface area contributed by atoms with Crippen LogP contribution in [-0.4, -0.2) is 23.1 Å². The van der Waals surface area contributed by atoms with E-state index >= 15 is 0 Å². The van der Waals surface area contributed by atoms with Crippen LogP contribution in [0.25, 0.3) is 0 Å². The highest BCUT2D eigenvalue weighted by atomic mass is 16.5. The fourth-order valence-electron chi connectivity index (χ4n) is 1.53. The Kier molecular flexibility index (Phi) is 7.01. The highest BCUT2D eigenvalue weighted by molar-refractivity contribution is 5.88. The van der Waals surface area contributed by atoms with E-state index in [1.165, 1.54) is 0 Å². The molecule has 0 spiro atoms. The van der Waals surface area contributed by atoms with Crippen molar-refractivity contribution < 1.29 is 19.4 Å². The maximum Gasteiger partial charge on any atom is 0.333 e. The van der Waals surface area contributed by atoms with Gasteiger partial charge < -0.3 is 9.84 Å². The van der Waals surface area contributed by atoms with Crippen molar-refractivity contribution in [2.75, 3.05) is 0 Å². The molecule has 0 aliphatic heterocycles. The van der Waals surface area contributed by atoms with E-state index in [0.29, 0.717) is 17.6 Å². The quantitative estimate of drug-likeness (QED) is 0.560. The maximum atomic E-state index is 11.4. The van der Waals surface area contributed by atoms with Gasteiger partial charge >= 0.3 is 11.9 Å². The third-order valence-electron chi connectivity index (χ3n) is 2.73. The minimum atomic E-state index is -0.973. The van der Waals surface area contributed by atoms with E-state index in [1.54, 1.807) is 20.8 Å². The second-order valence-electron chi connectivity index (χ2n) is 4.39. The van der Waals surface area contributed by atoms with Gasteiger partial charge in [0.05, 0.1) is 0 Å². The summed E-state index contributed by atoms with van der Waals surface area (Å²) >= 11 is 0. The highest BCUT2D eigenvalue weighted by Gasteiger charge is 2.19. The molecule has 0 aliphatic carbocycles. The summed E-state index contributed by atoms with van der Waals surface area (Å²) in [4.78, 5) is 22.4. The Morgan fingerprint density at radius 3 is 2.28 bits per heavy atom. The van der Waals surface area contributed by atoms with Gasteiger partial charge in [-0.15, -0.1) is 0 Å². The van der Waals surface area contributed by atoms with Crippen molar-refractivity contribution in [2.24, 2.45) is 0 Å². The molecule has 4 heteroatoms. The molecule has 0 aromatic carbocycles. The topological polar surface area (TPSA) is 63.6 Å². The molecule has 0 heterocycles. The lowest BCUT2D eigenvalue weighted by Crippen LogP contribution is -2.20. The molecule has 0 radical (unpaired) electrons. The summed E-state index contributed by atoms with van der Waals surface area (Å²) in [6.07, 6.45) is 1.92. The summed E-state index contributed by atoms with van der Waals surface area (Å²) in [5.74, 6) is -1.46. The maximum absolute atomic E-state index is 11.4. The molecular weight excluding hydrogens is 232 g/mol. The van der Waals surface area contributed by atoms with Gasteiger partial charge in [-0.3, -0.25) is 0 Å². The predicted molar refractivity (Wildman–Crippen MR) is 70.2 cm³/mol. The van der Waals surface area contributed by atoms with Gasteiger partial charge in [-0.05, 0) is 39.2 Å². The van der Waals surface area contributed by atoms with Gasteiger partial charge in [0.25, 0.3) is 0 Å².